The number of pyridine rings is 1. The number of H-pyrrole nitrogens is 1. The number of piperazine rings is 1. The van der Waals surface area contributed by atoms with Gasteiger partial charge in [0.05, 0.1) is 11.7 Å². The van der Waals surface area contributed by atoms with E-state index in [0.717, 1.165) is 61.4 Å². The van der Waals surface area contributed by atoms with Gasteiger partial charge in [-0.3, -0.25) is 10.00 Å². The van der Waals surface area contributed by atoms with Crippen LogP contribution in [0.15, 0.2) is 42.7 Å². The van der Waals surface area contributed by atoms with Gasteiger partial charge in [-0.05, 0) is 36.2 Å². The SMILES string of the molecule is CCN1CCN(Cc2ccc(Nc3ncc(F)c(-c4ccc5n[nH]c(C(C)C)c5c4)n3)nc2)CC1. The summed E-state index contributed by atoms with van der Waals surface area (Å²) in [5.41, 5.74) is 3.95. The van der Waals surface area contributed by atoms with Gasteiger partial charge in [0.25, 0.3) is 0 Å². The standard InChI is InChI=1S/C26H31FN8/c1-4-34-9-11-35(12-10-34)16-18-5-8-23(28-14-18)30-26-29-15-21(27)25(31-26)19-6-7-22-20(13-19)24(17(2)3)33-32-22/h5-8,13-15,17H,4,9-12,16H2,1-3H3,(H,32,33)(H,28,29,30,31). The summed E-state index contributed by atoms with van der Waals surface area (Å²) in [6.45, 7) is 12.8. The third-order valence-electron chi connectivity index (χ3n) is 6.56. The van der Waals surface area contributed by atoms with Crippen LogP contribution in [0.2, 0.25) is 0 Å². The lowest BCUT2D eigenvalue weighted by Crippen LogP contribution is -2.45. The highest BCUT2D eigenvalue weighted by Crippen LogP contribution is 2.29. The molecule has 0 radical (unpaired) electrons. The molecule has 1 aromatic carbocycles. The summed E-state index contributed by atoms with van der Waals surface area (Å²) in [5, 5.41) is 11.5. The third-order valence-corrected chi connectivity index (χ3v) is 6.56. The van der Waals surface area contributed by atoms with Crippen LogP contribution in [-0.2, 0) is 6.54 Å². The van der Waals surface area contributed by atoms with Crippen molar-refractivity contribution >= 4 is 22.7 Å². The predicted molar refractivity (Wildman–Crippen MR) is 136 cm³/mol. The molecule has 8 nitrogen and oxygen atoms in total. The number of nitrogens with zero attached hydrogens (tertiary/aromatic N) is 6. The summed E-state index contributed by atoms with van der Waals surface area (Å²) in [6, 6.07) is 9.61. The van der Waals surface area contributed by atoms with Gasteiger partial charge < -0.3 is 10.2 Å². The van der Waals surface area contributed by atoms with E-state index >= 15 is 0 Å². The molecule has 182 valence electrons. The quantitative estimate of drug-likeness (QED) is 0.406. The molecule has 0 spiro atoms. The fourth-order valence-corrected chi connectivity index (χ4v) is 4.48. The second kappa shape index (κ2) is 10.1. The number of halogens is 1. The maximum absolute atomic E-state index is 14.7. The van der Waals surface area contributed by atoms with Gasteiger partial charge in [0.2, 0.25) is 5.95 Å². The monoisotopic (exact) mass is 474 g/mol. The summed E-state index contributed by atoms with van der Waals surface area (Å²) in [7, 11) is 0. The molecule has 9 heteroatoms. The first-order valence-corrected chi connectivity index (χ1v) is 12.2. The van der Waals surface area contributed by atoms with Crippen molar-refractivity contribution in [2.45, 2.75) is 33.2 Å². The highest BCUT2D eigenvalue weighted by atomic mass is 19.1. The van der Waals surface area contributed by atoms with E-state index in [1.807, 2.05) is 30.5 Å². The Morgan fingerprint density at radius 3 is 2.54 bits per heavy atom. The first-order valence-electron chi connectivity index (χ1n) is 12.2. The zero-order chi connectivity index (χ0) is 24.4. The Balaban J connectivity index is 1.30. The van der Waals surface area contributed by atoms with E-state index in [4.69, 9.17) is 0 Å². The van der Waals surface area contributed by atoms with Crippen LogP contribution in [0.4, 0.5) is 16.2 Å². The lowest BCUT2D eigenvalue weighted by atomic mass is 10.0. The predicted octanol–water partition coefficient (Wildman–Crippen LogP) is 4.56. The molecular formula is C26H31FN8. The zero-order valence-electron chi connectivity index (χ0n) is 20.4. The largest absolute Gasteiger partial charge is 0.309 e. The van der Waals surface area contributed by atoms with Crippen molar-refractivity contribution in [1.29, 1.82) is 0 Å². The summed E-state index contributed by atoms with van der Waals surface area (Å²) in [4.78, 5) is 18.0. The Kier molecular flexibility index (Phi) is 6.70. The van der Waals surface area contributed by atoms with Crippen LogP contribution in [0.3, 0.4) is 0 Å². The fraction of sp³-hybridized carbons (Fsp3) is 0.385. The summed E-state index contributed by atoms with van der Waals surface area (Å²) in [6.07, 6.45) is 3.07. The van der Waals surface area contributed by atoms with Crippen LogP contribution >= 0.6 is 0 Å². The molecule has 4 heterocycles. The van der Waals surface area contributed by atoms with Crippen LogP contribution in [0.5, 0.6) is 0 Å². The number of nitrogens with one attached hydrogen (secondary N) is 2. The molecule has 1 aliphatic rings. The Morgan fingerprint density at radius 1 is 1.03 bits per heavy atom. The number of hydrogen-bond donors (Lipinski definition) is 2. The van der Waals surface area contributed by atoms with Gasteiger partial charge in [-0.2, -0.15) is 5.10 Å². The smallest absolute Gasteiger partial charge is 0.229 e. The van der Waals surface area contributed by atoms with Crippen LogP contribution in [-0.4, -0.2) is 67.7 Å². The second-order valence-corrected chi connectivity index (χ2v) is 9.30. The van der Waals surface area contributed by atoms with Crippen LogP contribution in [0, 0.1) is 5.82 Å². The summed E-state index contributed by atoms with van der Waals surface area (Å²) in [5.74, 6) is 0.719. The van der Waals surface area contributed by atoms with Crippen molar-refractivity contribution < 1.29 is 4.39 Å². The van der Waals surface area contributed by atoms with Gasteiger partial charge in [-0.1, -0.05) is 32.9 Å². The molecule has 4 aromatic rings. The fourth-order valence-electron chi connectivity index (χ4n) is 4.48. The van der Waals surface area contributed by atoms with Gasteiger partial charge >= 0.3 is 0 Å². The normalized spacial score (nSPS) is 15.2. The number of hydrogen-bond acceptors (Lipinski definition) is 7. The van der Waals surface area contributed by atoms with Crippen LogP contribution < -0.4 is 5.32 Å². The molecule has 2 N–H and O–H groups in total. The van der Waals surface area contributed by atoms with Crippen LogP contribution in [0.25, 0.3) is 22.2 Å². The van der Waals surface area contributed by atoms with E-state index in [1.54, 1.807) is 0 Å². The van der Waals surface area contributed by atoms with Gasteiger partial charge in [-0.15, -0.1) is 0 Å². The highest BCUT2D eigenvalue weighted by molar-refractivity contribution is 5.86. The molecule has 0 atom stereocenters. The number of benzene rings is 1. The molecule has 0 saturated carbocycles. The lowest BCUT2D eigenvalue weighted by Gasteiger charge is -2.33. The van der Waals surface area contributed by atoms with E-state index in [-0.39, 0.29) is 11.6 Å². The zero-order valence-corrected chi connectivity index (χ0v) is 20.4. The van der Waals surface area contributed by atoms with Crippen molar-refractivity contribution in [2.24, 2.45) is 0 Å². The first-order chi connectivity index (χ1) is 17.0. The molecule has 0 unspecified atom stereocenters. The van der Waals surface area contributed by atoms with E-state index in [2.05, 4.69) is 67.1 Å². The van der Waals surface area contributed by atoms with Gasteiger partial charge in [0.1, 0.15) is 11.5 Å². The molecule has 5 rings (SSSR count). The average Bonchev–Trinajstić information content (AvgIpc) is 3.30. The number of aromatic nitrogens is 5. The van der Waals surface area contributed by atoms with E-state index < -0.39 is 5.82 Å². The summed E-state index contributed by atoms with van der Waals surface area (Å²) < 4.78 is 14.7. The van der Waals surface area contributed by atoms with Crippen LogP contribution in [0.1, 0.15) is 37.9 Å². The average molecular weight is 475 g/mol. The Morgan fingerprint density at radius 2 is 1.83 bits per heavy atom. The van der Waals surface area contributed by atoms with E-state index in [0.29, 0.717) is 17.3 Å². The molecular weight excluding hydrogens is 443 g/mol. The van der Waals surface area contributed by atoms with Crippen molar-refractivity contribution in [1.82, 2.24) is 34.9 Å². The number of rotatable bonds is 7. The minimum Gasteiger partial charge on any atom is -0.309 e. The highest BCUT2D eigenvalue weighted by Gasteiger charge is 2.16. The lowest BCUT2D eigenvalue weighted by molar-refractivity contribution is 0.132. The van der Waals surface area contributed by atoms with Crippen molar-refractivity contribution in [3.63, 3.8) is 0 Å². The molecule has 1 saturated heterocycles. The molecule has 35 heavy (non-hydrogen) atoms. The Labute approximate surface area is 204 Å². The van der Waals surface area contributed by atoms with E-state index in [1.165, 1.54) is 6.20 Å². The number of aromatic amines is 1. The van der Waals surface area contributed by atoms with Gasteiger partial charge in [-0.25, -0.2) is 19.3 Å². The minimum atomic E-state index is -0.476. The maximum atomic E-state index is 14.7. The first kappa shape index (κ1) is 23.3. The number of likely N-dealkylation sites (N-methyl/N-ethyl adjacent to an activating group) is 1. The minimum absolute atomic E-state index is 0.239. The molecule has 0 bridgehead atoms. The second-order valence-electron chi connectivity index (χ2n) is 9.30. The summed E-state index contributed by atoms with van der Waals surface area (Å²) >= 11 is 0. The van der Waals surface area contributed by atoms with Crippen molar-refractivity contribution in [3.05, 3.63) is 59.8 Å². The molecule has 1 fully saturated rings. The maximum Gasteiger partial charge on any atom is 0.229 e. The van der Waals surface area contributed by atoms with E-state index in [9.17, 15) is 4.39 Å². The third kappa shape index (κ3) is 5.16. The van der Waals surface area contributed by atoms with Crippen molar-refractivity contribution in [3.8, 4) is 11.3 Å². The Bertz CT molecular complexity index is 1290. The number of anilines is 2. The molecule has 3 aromatic heterocycles. The van der Waals surface area contributed by atoms with Crippen molar-refractivity contribution in [2.75, 3.05) is 38.0 Å². The molecule has 1 aliphatic heterocycles. The molecule has 0 amide bonds. The number of fused-ring (bicyclic) bond motifs is 1. The Hall–Kier alpha value is -3.43. The van der Waals surface area contributed by atoms with Gasteiger partial charge in [0.15, 0.2) is 5.82 Å². The topological polar surface area (TPSA) is 85.9 Å². The van der Waals surface area contributed by atoms with Gasteiger partial charge in [0, 0.05) is 55.6 Å². The molecule has 0 aliphatic carbocycles.